The number of amides is 1. The molecule has 7 nitrogen and oxygen atoms in total. The summed E-state index contributed by atoms with van der Waals surface area (Å²) in [5.74, 6) is -1.17. The molecule has 0 bridgehead atoms. The summed E-state index contributed by atoms with van der Waals surface area (Å²) in [6, 6.07) is 4.03. The van der Waals surface area contributed by atoms with Gasteiger partial charge in [-0.25, -0.2) is 4.79 Å². The SMILES string of the molecule is O=C(O)COCCNC(=O)c1cccn1C1CCNCC1. The first kappa shape index (κ1) is 15.5. The van der Waals surface area contributed by atoms with Crippen LogP contribution in [0.3, 0.4) is 0 Å². The molecule has 1 fully saturated rings. The van der Waals surface area contributed by atoms with Gasteiger partial charge in [0.05, 0.1) is 6.61 Å². The van der Waals surface area contributed by atoms with Crippen LogP contribution in [0, 0.1) is 0 Å². The molecule has 1 amide bonds. The van der Waals surface area contributed by atoms with Crippen LogP contribution in [0.25, 0.3) is 0 Å². The summed E-state index contributed by atoms with van der Waals surface area (Å²) in [5, 5.41) is 14.5. The van der Waals surface area contributed by atoms with Gasteiger partial charge in [-0.15, -0.1) is 0 Å². The lowest BCUT2D eigenvalue weighted by molar-refractivity contribution is -0.142. The third-order valence-corrected chi connectivity index (χ3v) is 3.47. The molecule has 0 atom stereocenters. The zero-order valence-corrected chi connectivity index (χ0v) is 11.9. The highest BCUT2D eigenvalue weighted by Gasteiger charge is 2.19. The molecule has 0 aromatic carbocycles. The Kier molecular flexibility index (Phi) is 5.77. The van der Waals surface area contributed by atoms with Crippen LogP contribution in [0.15, 0.2) is 18.3 Å². The lowest BCUT2D eigenvalue weighted by Crippen LogP contribution is -2.33. The highest BCUT2D eigenvalue weighted by molar-refractivity contribution is 5.92. The number of hydrogen-bond acceptors (Lipinski definition) is 4. The average molecular weight is 295 g/mol. The van der Waals surface area contributed by atoms with E-state index in [1.165, 1.54) is 0 Å². The maximum Gasteiger partial charge on any atom is 0.329 e. The molecular weight excluding hydrogens is 274 g/mol. The quantitative estimate of drug-likeness (QED) is 0.627. The second-order valence-electron chi connectivity index (χ2n) is 4.98. The number of carbonyl (C=O) groups is 2. The Morgan fingerprint density at radius 3 is 2.90 bits per heavy atom. The summed E-state index contributed by atoms with van der Waals surface area (Å²) in [7, 11) is 0. The lowest BCUT2D eigenvalue weighted by atomic mass is 10.1. The summed E-state index contributed by atoms with van der Waals surface area (Å²) in [6.45, 7) is 2.07. The van der Waals surface area contributed by atoms with Crippen molar-refractivity contribution in [1.29, 1.82) is 0 Å². The largest absolute Gasteiger partial charge is 0.480 e. The first-order valence-corrected chi connectivity index (χ1v) is 7.14. The zero-order valence-electron chi connectivity index (χ0n) is 11.9. The predicted molar refractivity (Wildman–Crippen MR) is 76.4 cm³/mol. The van der Waals surface area contributed by atoms with Crippen molar-refractivity contribution in [1.82, 2.24) is 15.2 Å². The Labute approximate surface area is 123 Å². The van der Waals surface area contributed by atoms with E-state index in [0.717, 1.165) is 25.9 Å². The number of aliphatic carboxylic acids is 1. The summed E-state index contributed by atoms with van der Waals surface area (Å²) in [6.07, 6.45) is 3.96. The number of aromatic nitrogens is 1. The van der Waals surface area contributed by atoms with Crippen molar-refractivity contribution in [3.63, 3.8) is 0 Å². The zero-order chi connectivity index (χ0) is 15.1. The number of rotatable bonds is 7. The van der Waals surface area contributed by atoms with Crippen molar-refractivity contribution in [2.45, 2.75) is 18.9 Å². The highest BCUT2D eigenvalue weighted by atomic mass is 16.5. The highest BCUT2D eigenvalue weighted by Crippen LogP contribution is 2.21. The number of nitrogens with one attached hydrogen (secondary N) is 2. The monoisotopic (exact) mass is 295 g/mol. The average Bonchev–Trinajstić information content (AvgIpc) is 2.97. The molecule has 0 unspecified atom stereocenters. The van der Waals surface area contributed by atoms with Crippen LogP contribution >= 0.6 is 0 Å². The van der Waals surface area contributed by atoms with Crippen LogP contribution < -0.4 is 10.6 Å². The minimum atomic E-state index is -1.01. The lowest BCUT2D eigenvalue weighted by Gasteiger charge is -2.25. The number of nitrogens with zero attached hydrogens (tertiary/aromatic N) is 1. The van der Waals surface area contributed by atoms with Gasteiger partial charge in [0.15, 0.2) is 0 Å². The van der Waals surface area contributed by atoms with E-state index in [4.69, 9.17) is 9.84 Å². The van der Waals surface area contributed by atoms with Crippen LogP contribution in [0.5, 0.6) is 0 Å². The smallest absolute Gasteiger partial charge is 0.329 e. The minimum absolute atomic E-state index is 0.155. The molecule has 7 heteroatoms. The number of carbonyl (C=O) groups excluding carboxylic acids is 1. The molecule has 0 aliphatic carbocycles. The molecule has 2 rings (SSSR count). The normalized spacial score (nSPS) is 15.8. The molecule has 1 aromatic heterocycles. The van der Waals surface area contributed by atoms with Crippen molar-refractivity contribution >= 4 is 11.9 Å². The molecule has 1 aliphatic rings. The van der Waals surface area contributed by atoms with Crippen molar-refractivity contribution in [3.05, 3.63) is 24.0 Å². The van der Waals surface area contributed by atoms with Crippen LogP contribution in [0.4, 0.5) is 0 Å². The van der Waals surface area contributed by atoms with Gasteiger partial charge in [-0.1, -0.05) is 0 Å². The van der Waals surface area contributed by atoms with Crippen molar-refractivity contribution in [2.24, 2.45) is 0 Å². The van der Waals surface area contributed by atoms with Crippen LogP contribution in [-0.4, -0.2) is 54.4 Å². The fourth-order valence-electron chi connectivity index (χ4n) is 2.48. The number of hydrogen-bond donors (Lipinski definition) is 3. The van der Waals surface area contributed by atoms with Gasteiger partial charge in [-0.05, 0) is 38.1 Å². The minimum Gasteiger partial charge on any atom is -0.480 e. The Bertz CT molecular complexity index is 480. The van der Waals surface area contributed by atoms with Crippen molar-refractivity contribution in [2.75, 3.05) is 32.8 Å². The van der Waals surface area contributed by atoms with Gasteiger partial charge in [0.1, 0.15) is 12.3 Å². The Hall–Kier alpha value is -1.86. The second kappa shape index (κ2) is 7.80. The van der Waals surface area contributed by atoms with Gasteiger partial charge in [0.2, 0.25) is 0 Å². The third-order valence-electron chi connectivity index (χ3n) is 3.47. The molecule has 2 heterocycles. The van der Waals surface area contributed by atoms with Crippen LogP contribution in [-0.2, 0) is 9.53 Å². The molecule has 0 saturated carbocycles. The van der Waals surface area contributed by atoms with E-state index in [0.29, 0.717) is 18.3 Å². The van der Waals surface area contributed by atoms with E-state index in [1.807, 2.05) is 16.8 Å². The summed E-state index contributed by atoms with van der Waals surface area (Å²) >= 11 is 0. The fraction of sp³-hybridized carbons (Fsp3) is 0.571. The number of piperidine rings is 1. The Morgan fingerprint density at radius 2 is 2.19 bits per heavy atom. The van der Waals surface area contributed by atoms with Gasteiger partial charge in [0.25, 0.3) is 5.91 Å². The van der Waals surface area contributed by atoms with Crippen LogP contribution in [0.2, 0.25) is 0 Å². The van der Waals surface area contributed by atoms with E-state index >= 15 is 0 Å². The Balaban J connectivity index is 1.82. The van der Waals surface area contributed by atoms with Gasteiger partial charge < -0.3 is 25.0 Å². The topological polar surface area (TPSA) is 92.6 Å². The molecule has 1 aliphatic heterocycles. The molecule has 3 N–H and O–H groups in total. The summed E-state index contributed by atoms with van der Waals surface area (Å²) in [5.41, 5.74) is 0.639. The van der Waals surface area contributed by atoms with E-state index in [2.05, 4.69) is 10.6 Å². The van der Waals surface area contributed by atoms with Gasteiger partial charge >= 0.3 is 5.97 Å². The third kappa shape index (κ3) is 4.57. The van der Waals surface area contributed by atoms with Crippen LogP contribution in [0.1, 0.15) is 29.4 Å². The van der Waals surface area contributed by atoms with Gasteiger partial charge in [0, 0.05) is 18.8 Å². The predicted octanol–water partition coefficient (Wildman–Crippen LogP) is 0.244. The molecule has 116 valence electrons. The molecule has 1 saturated heterocycles. The molecule has 0 radical (unpaired) electrons. The number of carboxylic acids is 1. The second-order valence-corrected chi connectivity index (χ2v) is 4.98. The van der Waals surface area contributed by atoms with Gasteiger partial charge in [-0.2, -0.15) is 0 Å². The first-order valence-electron chi connectivity index (χ1n) is 7.14. The Morgan fingerprint density at radius 1 is 1.43 bits per heavy atom. The standard InChI is InChI=1S/C14H21N3O4/c18-13(19)10-21-9-7-16-14(20)12-2-1-8-17(12)11-3-5-15-6-4-11/h1-2,8,11,15H,3-7,9-10H2,(H,16,20)(H,18,19). The van der Waals surface area contributed by atoms with E-state index in [1.54, 1.807) is 6.07 Å². The first-order chi connectivity index (χ1) is 10.2. The van der Waals surface area contributed by atoms with Crippen molar-refractivity contribution < 1.29 is 19.4 Å². The molecule has 1 aromatic rings. The summed E-state index contributed by atoms with van der Waals surface area (Å²) in [4.78, 5) is 22.4. The summed E-state index contributed by atoms with van der Waals surface area (Å²) < 4.78 is 6.90. The van der Waals surface area contributed by atoms with Crippen molar-refractivity contribution in [3.8, 4) is 0 Å². The van der Waals surface area contributed by atoms with Gasteiger partial charge in [-0.3, -0.25) is 4.79 Å². The molecule has 21 heavy (non-hydrogen) atoms. The maximum atomic E-state index is 12.1. The maximum absolute atomic E-state index is 12.1. The van der Waals surface area contributed by atoms with E-state index < -0.39 is 5.97 Å². The fourth-order valence-corrected chi connectivity index (χ4v) is 2.48. The van der Waals surface area contributed by atoms with E-state index in [9.17, 15) is 9.59 Å². The molecule has 0 spiro atoms. The number of ether oxygens (including phenoxy) is 1. The van der Waals surface area contributed by atoms with E-state index in [-0.39, 0.29) is 19.1 Å². The number of carboxylic acid groups (broad SMARTS) is 1. The molecular formula is C14H21N3O4.